The maximum absolute atomic E-state index is 13.9. The van der Waals surface area contributed by atoms with E-state index < -0.39 is 52.2 Å². The normalized spacial score (nSPS) is 13.1. The first-order valence-electron chi connectivity index (χ1n) is 8.55. The minimum absolute atomic E-state index is 0.0805. The van der Waals surface area contributed by atoms with Crippen molar-refractivity contribution in [2.75, 3.05) is 11.9 Å². The number of carbonyl (C=O) groups is 2. The molecule has 15 heteroatoms. The fraction of sp³-hybridized carbons (Fsp3) is 0.333. The fourth-order valence-electron chi connectivity index (χ4n) is 2.40. The van der Waals surface area contributed by atoms with Crippen LogP contribution in [0.1, 0.15) is 17.3 Å². The summed E-state index contributed by atoms with van der Waals surface area (Å²) in [5, 5.41) is 1.23. The molecule has 0 aliphatic heterocycles. The molecule has 1 aromatic carbocycles. The molecule has 0 saturated heterocycles. The van der Waals surface area contributed by atoms with Crippen molar-refractivity contribution in [1.29, 1.82) is 0 Å². The molecule has 0 unspecified atom stereocenters. The van der Waals surface area contributed by atoms with E-state index in [4.69, 9.17) is 0 Å². The van der Waals surface area contributed by atoms with Crippen LogP contribution in [0.3, 0.4) is 0 Å². The molecule has 0 spiro atoms. The van der Waals surface area contributed by atoms with Crippen LogP contribution in [0.2, 0.25) is 0 Å². The third-order valence-corrected chi connectivity index (χ3v) is 4.98. The molecule has 0 atom stereocenters. The molecule has 1 amide bonds. The highest BCUT2D eigenvalue weighted by molar-refractivity contribution is 7.15. The van der Waals surface area contributed by atoms with Crippen LogP contribution in [-0.2, 0) is 9.53 Å². The average molecular weight is 511 g/mol. The number of anilines is 1. The van der Waals surface area contributed by atoms with Crippen LogP contribution in [0.25, 0.3) is 11.1 Å². The van der Waals surface area contributed by atoms with Gasteiger partial charge in [-0.2, -0.15) is 39.5 Å². The molecule has 0 aliphatic rings. The molecule has 4 nitrogen and oxygen atoms in total. The number of rotatable bonds is 7. The van der Waals surface area contributed by atoms with Gasteiger partial charge in [0, 0.05) is 10.9 Å². The number of amides is 1. The number of carbonyl (C=O) groups excluding carboxylic acids is 2. The van der Waals surface area contributed by atoms with Crippen LogP contribution in [0.4, 0.5) is 48.9 Å². The Balaban J connectivity index is 2.50. The zero-order valence-electron chi connectivity index (χ0n) is 16.0. The quantitative estimate of drug-likeness (QED) is 0.359. The van der Waals surface area contributed by atoms with Crippen LogP contribution in [0.15, 0.2) is 29.6 Å². The Bertz CT molecular complexity index is 1030. The summed E-state index contributed by atoms with van der Waals surface area (Å²) in [6, 6.07) is 4.12. The topological polar surface area (TPSA) is 55.4 Å². The number of nitrogens with one attached hydrogen (secondary N) is 1. The minimum atomic E-state index is -7.26. The molecular weight excluding hydrogens is 500 g/mol. The highest BCUT2D eigenvalue weighted by Crippen LogP contribution is 2.53. The average Bonchev–Trinajstić information content (AvgIpc) is 3.11. The number of esters is 1. The number of hydrogen-bond acceptors (Lipinski definition) is 4. The Hall–Kier alpha value is -2.84. The van der Waals surface area contributed by atoms with Crippen molar-refractivity contribution < 1.29 is 58.2 Å². The van der Waals surface area contributed by atoms with Crippen molar-refractivity contribution >= 4 is 28.2 Å². The first kappa shape index (κ1) is 26.4. The lowest BCUT2D eigenvalue weighted by Crippen LogP contribution is -2.64. The van der Waals surface area contributed by atoms with E-state index in [2.05, 4.69) is 4.74 Å². The molecule has 0 bridgehead atoms. The number of halogens is 10. The Morgan fingerprint density at radius 2 is 1.48 bits per heavy atom. The molecule has 182 valence electrons. The molecule has 1 N–H and O–H groups in total. The van der Waals surface area contributed by atoms with E-state index in [9.17, 15) is 53.5 Å². The number of benzene rings is 1. The van der Waals surface area contributed by atoms with E-state index in [1.54, 1.807) is 0 Å². The number of alkyl halides is 9. The zero-order valence-corrected chi connectivity index (χ0v) is 16.8. The van der Waals surface area contributed by atoms with Crippen LogP contribution in [-0.4, -0.2) is 42.4 Å². The van der Waals surface area contributed by atoms with E-state index in [1.807, 2.05) is 0 Å². The molecule has 0 fully saturated rings. The largest absolute Gasteiger partial charge is 0.462 e. The smallest absolute Gasteiger partial charge is 0.460 e. The second-order valence-electron chi connectivity index (χ2n) is 6.26. The van der Waals surface area contributed by atoms with Gasteiger partial charge in [-0.1, -0.05) is 12.1 Å². The van der Waals surface area contributed by atoms with Crippen molar-refractivity contribution in [3.8, 4) is 11.1 Å². The Kier molecular flexibility index (Phi) is 7.07. The third-order valence-electron chi connectivity index (χ3n) is 4.08. The van der Waals surface area contributed by atoms with Gasteiger partial charge in [-0.25, -0.2) is 9.18 Å². The molecule has 1 heterocycles. The van der Waals surface area contributed by atoms with Crippen LogP contribution >= 0.6 is 11.3 Å². The van der Waals surface area contributed by atoms with Crippen molar-refractivity contribution in [2.45, 2.75) is 30.9 Å². The van der Waals surface area contributed by atoms with Gasteiger partial charge >= 0.3 is 35.8 Å². The van der Waals surface area contributed by atoms with Gasteiger partial charge in [0.05, 0.1) is 6.61 Å². The zero-order chi connectivity index (χ0) is 25.4. The molecule has 1 aromatic heterocycles. The highest BCUT2D eigenvalue weighted by Gasteiger charge is 2.83. The minimum Gasteiger partial charge on any atom is -0.462 e. The molecule has 2 aromatic rings. The third kappa shape index (κ3) is 4.63. The second-order valence-corrected chi connectivity index (χ2v) is 7.14. The lowest BCUT2D eigenvalue weighted by molar-refractivity contribution is -0.388. The van der Waals surface area contributed by atoms with Gasteiger partial charge in [0.15, 0.2) is 0 Å². The summed E-state index contributed by atoms with van der Waals surface area (Å²) in [5.74, 6) is -26.2. The van der Waals surface area contributed by atoms with Crippen LogP contribution in [0.5, 0.6) is 0 Å². The van der Waals surface area contributed by atoms with Gasteiger partial charge in [-0.05, 0) is 24.6 Å². The van der Waals surface area contributed by atoms with Crippen molar-refractivity contribution in [3.05, 3.63) is 41.0 Å². The Morgan fingerprint density at radius 1 is 0.939 bits per heavy atom. The number of ether oxygens (including phenoxy) is 1. The highest BCUT2D eigenvalue weighted by atomic mass is 32.1. The predicted octanol–water partition coefficient (Wildman–Crippen LogP) is 6.14. The predicted molar refractivity (Wildman–Crippen MR) is 95.2 cm³/mol. The number of thiophene rings is 1. The summed E-state index contributed by atoms with van der Waals surface area (Å²) in [7, 11) is 0. The van der Waals surface area contributed by atoms with Crippen LogP contribution < -0.4 is 5.32 Å². The van der Waals surface area contributed by atoms with E-state index in [0.717, 1.165) is 35.0 Å². The van der Waals surface area contributed by atoms with E-state index in [1.165, 1.54) is 6.92 Å². The Labute approximate surface area is 182 Å². The summed E-state index contributed by atoms with van der Waals surface area (Å²) < 4.78 is 135. The van der Waals surface area contributed by atoms with Gasteiger partial charge in [0.2, 0.25) is 0 Å². The van der Waals surface area contributed by atoms with E-state index in [0.29, 0.717) is 0 Å². The fourth-order valence-corrected chi connectivity index (χ4v) is 3.35. The lowest BCUT2D eigenvalue weighted by atomic mass is 10.0. The Morgan fingerprint density at radius 3 is 1.97 bits per heavy atom. The maximum atomic E-state index is 13.9. The lowest BCUT2D eigenvalue weighted by Gasteiger charge is -2.32. The summed E-state index contributed by atoms with van der Waals surface area (Å²) in [5.41, 5.74) is -0.759. The molecule has 2 rings (SSSR count). The first-order chi connectivity index (χ1) is 15.0. The molecule has 0 radical (unpaired) electrons. The first-order valence-corrected chi connectivity index (χ1v) is 9.43. The molecular formula is C18H11F10NO3S. The molecule has 0 saturated carbocycles. The van der Waals surface area contributed by atoms with Gasteiger partial charge in [0.1, 0.15) is 16.4 Å². The summed E-state index contributed by atoms with van der Waals surface area (Å²) >= 11 is 0.283. The second kappa shape index (κ2) is 8.83. The van der Waals surface area contributed by atoms with Crippen molar-refractivity contribution in [3.63, 3.8) is 0 Å². The summed E-state index contributed by atoms with van der Waals surface area (Å²) in [6.45, 7) is 1.05. The van der Waals surface area contributed by atoms with Gasteiger partial charge < -0.3 is 10.1 Å². The van der Waals surface area contributed by atoms with Gasteiger partial charge in [-0.15, -0.1) is 11.3 Å². The van der Waals surface area contributed by atoms with Crippen LogP contribution in [0, 0.1) is 5.82 Å². The SMILES string of the molecule is CCOC(=O)c1c(-c2ccc(F)cc2)csc1NC(=O)C(F)(F)C(F)(F)C(F)(F)C(F)(F)F. The van der Waals surface area contributed by atoms with Gasteiger partial charge in [-0.3, -0.25) is 4.79 Å². The molecule has 0 aliphatic carbocycles. The maximum Gasteiger partial charge on any atom is 0.460 e. The van der Waals surface area contributed by atoms with Crippen molar-refractivity contribution in [2.24, 2.45) is 0 Å². The van der Waals surface area contributed by atoms with E-state index in [-0.39, 0.29) is 29.1 Å². The van der Waals surface area contributed by atoms with E-state index >= 15 is 0 Å². The van der Waals surface area contributed by atoms with Gasteiger partial charge in [0.25, 0.3) is 0 Å². The molecule has 33 heavy (non-hydrogen) atoms. The van der Waals surface area contributed by atoms with Crippen molar-refractivity contribution in [1.82, 2.24) is 0 Å². The number of hydrogen-bond donors (Lipinski definition) is 1. The monoisotopic (exact) mass is 511 g/mol. The summed E-state index contributed by atoms with van der Waals surface area (Å²) in [4.78, 5) is 24.0. The summed E-state index contributed by atoms with van der Waals surface area (Å²) in [6.07, 6.45) is -7.10. The standard InChI is InChI=1S/C18H11F10NO3S/c1-2-32-13(30)11-10(8-3-5-9(19)6-4-8)7-33-12(11)29-14(31)15(20,21)16(22,23)17(24,25)18(26,27)28/h3-7H,2H2,1H3,(H,29,31).